The largest absolute Gasteiger partial charge is 0.402 e. The van der Waals surface area contributed by atoms with Crippen LogP contribution in [0.1, 0.15) is 21.5 Å². The van der Waals surface area contributed by atoms with Gasteiger partial charge in [-0.25, -0.2) is 8.42 Å². The van der Waals surface area contributed by atoms with Gasteiger partial charge < -0.3 is 4.42 Å². The van der Waals surface area contributed by atoms with E-state index < -0.39 is 15.9 Å². The summed E-state index contributed by atoms with van der Waals surface area (Å²) in [5.41, 5.74) is 2.44. The molecule has 0 unspecified atom stereocenters. The number of carbonyl (C=O) groups is 1. The van der Waals surface area contributed by atoms with Gasteiger partial charge in [0.1, 0.15) is 0 Å². The maximum atomic E-state index is 13.1. The average molecular weight is 501 g/mol. The summed E-state index contributed by atoms with van der Waals surface area (Å²) in [5, 5.41) is 10.2. The summed E-state index contributed by atoms with van der Waals surface area (Å²) < 4.78 is 33.7. The van der Waals surface area contributed by atoms with Crippen LogP contribution in [0.25, 0.3) is 10.8 Å². The first-order chi connectivity index (χ1) is 15.9. The maximum Gasteiger partial charge on any atom is 0.322 e. The highest BCUT2D eigenvalue weighted by Gasteiger charge is 2.28. The maximum absolute atomic E-state index is 13.1. The molecule has 0 aliphatic carbocycles. The van der Waals surface area contributed by atoms with Gasteiger partial charge in [0.15, 0.2) is 0 Å². The molecular weight excluding hydrogens is 484 g/mol. The number of sulfonamides is 1. The van der Waals surface area contributed by atoms with Gasteiger partial charge >= 0.3 is 6.01 Å². The second-order valence-corrected chi connectivity index (χ2v) is 11.0. The molecule has 0 fully saturated rings. The molecule has 33 heavy (non-hydrogen) atoms. The van der Waals surface area contributed by atoms with Crippen molar-refractivity contribution >= 4 is 44.9 Å². The third-order valence-corrected chi connectivity index (χ3v) is 8.36. The minimum atomic E-state index is -3.68. The molecule has 0 spiro atoms. The lowest BCUT2D eigenvalue weighted by molar-refractivity contribution is 0.102. The average Bonchev–Trinajstić information content (AvgIpc) is 3.47. The van der Waals surface area contributed by atoms with Crippen LogP contribution in [-0.2, 0) is 23.0 Å². The molecule has 8 nitrogen and oxygen atoms in total. The topological polar surface area (TPSA) is 105 Å². The lowest BCUT2D eigenvalue weighted by Crippen LogP contribution is -2.35. The zero-order valence-electron chi connectivity index (χ0n) is 17.1. The van der Waals surface area contributed by atoms with Gasteiger partial charge in [-0.1, -0.05) is 41.0 Å². The molecule has 2 aromatic heterocycles. The number of rotatable bonds is 5. The minimum Gasteiger partial charge on any atom is -0.402 e. The van der Waals surface area contributed by atoms with Gasteiger partial charge in [-0.3, -0.25) is 10.1 Å². The van der Waals surface area contributed by atoms with Crippen molar-refractivity contribution in [1.29, 1.82) is 0 Å². The van der Waals surface area contributed by atoms with Gasteiger partial charge in [0, 0.05) is 18.7 Å². The number of anilines is 1. The second kappa shape index (κ2) is 8.71. The van der Waals surface area contributed by atoms with E-state index in [2.05, 4.69) is 15.5 Å². The number of nitrogens with zero attached hydrogens (tertiary/aromatic N) is 3. The second-order valence-electron chi connectivity index (χ2n) is 7.35. The molecule has 1 aliphatic heterocycles. The van der Waals surface area contributed by atoms with Gasteiger partial charge in [-0.05, 0) is 53.9 Å². The molecule has 0 bridgehead atoms. The van der Waals surface area contributed by atoms with E-state index in [9.17, 15) is 13.2 Å². The number of halogens is 1. The normalized spacial score (nSPS) is 14.1. The molecule has 0 saturated heterocycles. The number of benzene rings is 2. The summed E-state index contributed by atoms with van der Waals surface area (Å²) >= 11 is 7.19. The quantitative estimate of drug-likeness (QED) is 0.434. The summed E-state index contributed by atoms with van der Waals surface area (Å²) in [6.45, 7) is 0.742. The Bertz CT molecular complexity index is 1430. The van der Waals surface area contributed by atoms with E-state index in [1.165, 1.54) is 45.5 Å². The smallest absolute Gasteiger partial charge is 0.322 e. The first-order valence-electron chi connectivity index (χ1n) is 9.98. The first-order valence-corrected chi connectivity index (χ1v) is 12.6. The molecule has 168 valence electrons. The summed E-state index contributed by atoms with van der Waals surface area (Å²) in [4.78, 5) is 13.4. The van der Waals surface area contributed by atoms with Crippen molar-refractivity contribution in [1.82, 2.24) is 14.5 Å². The molecule has 1 amide bonds. The number of aromatic nitrogens is 2. The van der Waals surface area contributed by atoms with Crippen molar-refractivity contribution in [2.75, 3.05) is 11.9 Å². The molecule has 3 heterocycles. The molecule has 0 saturated carbocycles. The van der Waals surface area contributed by atoms with Crippen molar-refractivity contribution in [3.63, 3.8) is 0 Å². The molecule has 4 aromatic rings. The molecule has 2 aromatic carbocycles. The molecular formula is C22H17ClN4O4S2. The van der Waals surface area contributed by atoms with Crippen LogP contribution < -0.4 is 5.32 Å². The zero-order valence-corrected chi connectivity index (χ0v) is 19.5. The van der Waals surface area contributed by atoms with E-state index in [4.69, 9.17) is 16.0 Å². The van der Waals surface area contributed by atoms with Gasteiger partial charge in [0.25, 0.3) is 11.8 Å². The highest BCUT2D eigenvalue weighted by Crippen LogP contribution is 2.31. The van der Waals surface area contributed by atoms with E-state index in [1.54, 1.807) is 12.1 Å². The van der Waals surface area contributed by atoms with Crippen LogP contribution in [0.2, 0.25) is 4.34 Å². The fraction of sp³-hybridized carbons (Fsp3) is 0.136. The molecule has 5 rings (SSSR count). The van der Waals surface area contributed by atoms with E-state index in [0.29, 0.717) is 28.7 Å². The van der Waals surface area contributed by atoms with Gasteiger partial charge in [0.2, 0.25) is 10.0 Å². The molecule has 1 aliphatic rings. The number of nitrogens with one attached hydrogen (secondary N) is 1. The van der Waals surface area contributed by atoms with Crippen LogP contribution in [0.3, 0.4) is 0 Å². The predicted molar refractivity (Wildman–Crippen MR) is 125 cm³/mol. The van der Waals surface area contributed by atoms with E-state index >= 15 is 0 Å². The summed E-state index contributed by atoms with van der Waals surface area (Å²) in [6.07, 6.45) is 0.666. The Kier molecular flexibility index (Phi) is 5.75. The molecule has 0 radical (unpaired) electrons. The van der Waals surface area contributed by atoms with Crippen LogP contribution in [0, 0.1) is 0 Å². The number of thiophene rings is 1. The van der Waals surface area contributed by atoms with Crippen molar-refractivity contribution in [2.24, 2.45) is 0 Å². The fourth-order valence-corrected chi connectivity index (χ4v) is 5.96. The third-order valence-electron chi connectivity index (χ3n) is 5.28. The van der Waals surface area contributed by atoms with Crippen LogP contribution in [-0.4, -0.2) is 35.4 Å². The van der Waals surface area contributed by atoms with Gasteiger partial charge in [-0.2, -0.15) is 4.31 Å². The Morgan fingerprint density at radius 1 is 1.03 bits per heavy atom. The van der Waals surface area contributed by atoms with Crippen LogP contribution in [0.4, 0.5) is 6.01 Å². The van der Waals surface area contributed by atoms with Crippen molar-refractivity contribution in [2.45, 2.75) is 17.9 Å². The Hall–Kier alpha value is -3.05. The lowest BCUT2D eigenvalue weighted by atomic mass is 10.0. The zero-order chi connectivity index (χ0) is 23.0. The monoisotopic (exact) mass is 500 g/mol. The molecule has 1 N–H and O–H groups in total. The van der Waals surface area contributed by atoms with E-state index in [-0.39, 0.29) is 22.4 Å². The van der Waals surface area contributed by atoms with E-state index in [1.807, 2.05) is 24.3 Å². The van der Waals surface area contributed by atoms with Crippen molar-refractivity contribution < 1.29 is 17.6 Å². The number of hydrogen-bond acceptors (Lipinski definition) is 7. The SMILES string of the molecule is O=C(Nc1nnc(-c2ccc(Cl)s2)o1)c1ccc(S(=O)(=O)N2CCc3ccccc3C2)cc1. The fourth-order valence-electron chi connectivity index (χ4n) is 3.57. The summed E-state index contributed by atoms with van der Waals surface area (Å²) in [7, 11) is -3.68. The van der Waals surface area contributed by atoms with Crippen molar-refractivity contribution in [3.8, 4) is 10.8 Å². The first kappa shape index (κ1) is 21.8. The Labute approximate surface area is 198 Å². The minimum absolute atomic E-state index is 0.0665. The highest BCUT2D eigenvalue weighted by molar-refractivity contribution is 7.89. The highest BCUT2D eigenvalue weighted by atomic mass is 35.5. The molecule has 0 atom stereocenters. The lowest BCUT2D eigenvalue weighted by Gasteiger charge is -2.28. The van der Waals surface area contributed by atoms with Gasteiger partial charge in [-0.15, -0.1) is 16.4 Å². The van der Waals surface area contributed by atoms with Crippen molar-refractivity contribution in [3.05, 3.63) is 81.7 Å². The Morgan fingerprint density at radius 2 is 1.79 bits per heavy atom. The third kappa shape index (κ3) is 4.42. The standard InChI is InChI=1S/C22H17ClN4O4S2/c23-19-10-9-18(32-19)21-25-26-22(31-21)24-20(28)15-5-7-17(8-6-15)33(29,30)27-12-11-14-3-1-2-4-16(14)13-27/h1-10H,11-13H2,(H,24,26,28). The van der Waals surface area contributed by atoms with Crippen LogP contribution >= 0.6 is 22.9 Å². The summed E-state index contributed by atoms with van der Waals surface area (Å²) in [6, 6.07) is 17.0. The summed E-state index contributed by atoms with van der Waals surface area (Å²) in [5.74, 6) is -0.253. The van der Waals surface area contributed by atoms with E-state index in [0.717, 1.165) is 5.56 Å². The predicted octanol–water partition coefficient (Wildman–Crippen LogP) is 4.45. The number of hydrogen-bond donors (Lipinski definition) is 1. The Morgan fingerprint density at radius 3 is 2.52 bits per heavy atom. The van der Waals surface area contributed by atoms with Crippen LogP contribution in [0.5, 0.6) is 0 Å². The number of amides is 1. The Balaban J connectivity index is 1.28. The van der Waals surface area contributed by atoms with Gasteiger partial charge in [0.05, 0.1) is 14.1 Å². The van der Waals surface area contributed by atoms with Crippen LogP contribution in [0.15, 0.2) is 70.0 Å². The number of fused-ring (bicyclic) bond motifs is 1. The molecule has 11 heteroatoms. The number of carbonyl (C=O) groups excluding carboxylic acids is 1.